The summed E-state index contributed by atoms with van der Waals surface area (Å²) in [6.45, 7) is 2.01. The van der Waals surface area contributed by atoms with E-state index in [1.807, 2.05) is 0 Å². The predicted octanol–water partition coefficient (Wildman–Crippen LogP) is 1.66. The number of rotatable bonds is 6. The minimum atomic E-state index is -0.507. The van der Waals surface area contributed by atoms with Gasteiger partial charge in [-0.25, -0.2) is 4.39 Å². The molecule has 2 unspecified atom stereocenters. The topological polar surface area (TPSA) is 50.4 Å². The molecular formula is C13H20ClFN2O2. The van der Waals surface area contributed by atoms with Crippen LogP contribution in [0.5, 0.6) is 0 Å². The van der Waals surface area contributed by atoms with Crippen LogP contribution in [0.1, 0.15) is 18.6 Å². The highest BCUT2D eigenvalue weighted by Gasteiger charge is 2.22. The van der Waals surface area contributed by atoms with Crippen molar-refractivity contribution in [3.05, 3.63) is 35.6 Å². The predicted molar refractivity (Wildman–Crippen MR) is 74.9 cm³/mol. The van der Waals surface area contributed by atoms with Crippen molar-refractivity contribution in [2.45, 2.75) is 19.1 Å². The minimum absolute atomic E-state index is 0. The van der Waals surface area contributed by atoms with E-state index < -0.39 is 6.10 Å². The van der Waals surface area contributed by atoms with Gasteiger partial charge in [-0.05, 0) is 20.0 Å². The highest BCUT2D eigenvalue weighted by molar-refractivity contribution is 5.85. The molecule has 19 heavy (non-hydrogen) atoms. The van der Waals surface area contributed by atoms with Gasteiger partial charge in [-0.1, -0.05) is 18.2 Å². The number of halogens is 2. The molecule has 0 radical (unpaired) electrons. The van der Waals surface area contributed by atoms with Gasteiger partial charge in [0.1, 0.15) is 11.9 Å². The first kappa shape index (κ1) is 17.8. The molecule has 0 aliphatic heterocycles. The quantitative estimate of drug-likeness (QED) is 0.838. The molecule has 6 heteroatoms. The molecule has 108 valence electrons. The third-order valence-corrected chi connectivity index (χ3v) is 2.65. The fourth-order valence-corrected chi connectivity index (χ4v) is 1.85. The standard InChI is InChI=1S/C13H19FN2O2.ClH/c1-9(16-12(17)8-15-2)13(18-3)10-6-4-5-7-11(10)14;/h4-7,9,13,15H,8H2,1-3H3,(H,16,17);1H. The second kappa shape index (κ2) is 8.85. The number of carbonyl (C=O) groups excluding carboxylic acids is 1. The fraction of sp³-hybridized carbons (Fsp3) is 0.462. The van der Waals surface area contributed by atoms with Crippen LogP contribution in [0.15, 0.2) is 24.3 Å². The maximum Gasteiger partial charge on any atom is 0.234 e. The Hall–Kier alpha value is -1.17. The van der Waals surface area contributed by atoms with Crippen molar-refractivity contribution in [2.24, 2.45) is 0 Å². The molecule has 1 amide bonds. The van der Waals surface area contributed by atoms with Crippen molar-refractivity contribution in [3.63, 3.8) is 0 Å². The van der Waals surface area contributed by atoms with Gasteiger partial charge in [0, 0.05) is 12.7 Å². The normalized spacial score (nSPS) is 13.3. The Labute approximate surface area is 119 Å². The largest absolute Gasteiger partial charge is 0.375 e. The Balaban J connectivity index is 0.00000324. The van der Waals surface area contributed by atoms with Gasteiger partial charge in [0.2, 0.25) is 5.91 Å². The lowest BCUT2D eigenvalue weighted by molar-refractivity contribution is -0.121. The first-order valence-corrected chi connectivity index (χ1v) is 5.81. The Morgan fingerprint density at radius 1 is 1.42 bits per heavy atom. The number of nitrogens with one attached hydrogen (secondary N) is 2. The fourth-order valence-electron chi connectivity index (χ4n) is 1.85. The molecule has 1 aromatic carbocycles. The molecule has 0 saturated carbocycles. The van der Waals surface area contributed by atoms with Crippen molar-refractivity contribution in [3.8, 4) is 0 Å². The van der Waals surface area contributed by atoms with Gasteiger partial charge >= 0.3 is 0 Å². The summed E-state index contributed by atoms with van der Waals surface area (Å²) < 4.78 is 19.0. The van der Waals surface area contributed by atoms with Crippen LogP contribution >= 0.6 is 12.4 Å². The van der Waals surface area contributed by atoms with Gasteiger partial charge in [-0.3, -0.25) is 4.79 Å². The van der Waals surface area contributed by atoms with Crippen molar-refractivity contribution >= 4 is 18.3 Å². The monoisotopic (exact) mass is 290 g/mol. The van der Waals surface area contributed by atoms with Gasteiger partial charge in [-0.15, -0.1) is 12.4 Å². The summed E-state index contributed by atoms with van der Waals surface area (Å²) >= 11 is 0. The molecule has 1 aromatic rings. The summed E-state index contributed by atoms with van der Waals surface area (Å²) in [5, 5.41) is 5.52. The molecule has 0 aliphatic carbocycles. The summed E-state index contributed by atoms with van der Waals surface area (Å²) in [6.07, 6.45) is -0.507. The number of amides is 1. The van der Waals surface area contributed by atoms with Crippen molar-refractivity contribution in [1.29, 1.82) is 0 Å². The average Bonchev–Trinajstić information content (AvgIpc) is 2.32. The Bertz CT molecular complexity index is 404. The van der Waals surface area contributed by atoms with Gasteiger partial charge in [-0.2, -0.15) is 0 Å². The third kappa shape index (κ3) is 5.14. The maximum atomic E-state index is 13.7. The Morgan fingerprint density at radius 2 is 2.05 bits per heavy atom. The Kier molecular flexibility index (Phi) is 8.30. The third-order valence-electron chi connectivity index (χ3n) is 2.65. The van der Waals surface area contributed by atoms with E-state index in [1.54, 1.807) is 32.2 Å². The van der Waals surface area contributed by atoms with E-state index in [0.717, 1.165) is 0 Å². The molecule has 0 saturated heterocycles. The van der Waals surface area contributed by atoms with Gasteiger partial charge in [0.15, 0.2) is 0 Å². The zero-order valence-corrected chi connectivity index (χ0v) is 12.1. The number of methoxy groups -OCH3 is 1. The molecule has 0 aromatic heterocycles. The van der Waals surface area contributed by atoms with Crippen LogP contribution in [-0.2, 0) is 9.53 Å². The summed E-state index contributed by atoms with van der Waals surface area (Å²) in [4.78, 5) is 11.5. The molecule has 0 heterocycles. The number of likely N-dealkylation sites (N-methyl/N-ethyl adjacent to an activating group) is 1. The van der Waals surface area contributed by atoms with Crippen molar-refractivity contribution in [1.82, 2.24) is 10.6 Å². The lowest BCUT2D eigenvalue weighted by Gasteiger charge is -2.24. The summed E-state index contributed by atoms with van der Waals surface area (Å²) in [6, 6.07) is 6.09. The van der Waals surface area contributed by atoms with E-state index in [9.17, 15) is 9.18 Å². The zero-order valence-electron chi connectivity index (χ0n) is 11.3. The lowest BCUT2D eigenvalue weighted by atomic mass is 10.0. The molecule has 0 bridgehead atoms. The van der Waals surface area contributed by atoms with Crippen LogP contribution in [0.25, 0.3) is 0 Å². The number of hydrogen-bond acceptors (Lipinski definition) is 3. The lowest BCUT2D eigenvalue weighted by Crippen LogP contribution is -2.41. The van der Waals surface area contributed by atoms with Crippen LogP contribution in [0.2, 0.25) is 0 Å². The SMILES string of the molecule is CNCC(=O)NC(C)C(OC)c1ccccc1F.Cl. The molecule has 1 rings (SSSR count). The van der Waals surface area contributed by atoms with E-state index in [0.29, 0.717) is 5.56 Å². The summed E-state index contributed by atoms with van der Waals surface area (Å²) in [7, 11) is 3.19. The highest BCUT2D eigenvalue weighted by atomic mass is 35.5. The van der Waals surface area contributed by atoms with Crippen LogP contribution < -0.4 is 10.6 Å². The van der Waals surface area contributed by atoms with Crippen LogP contribution in [0.3, 0.4) is 0 Å². The van der Waals surface area contributed by atoms with E-state index in [4.69, 9.17) is 4.74 Å². The molecule has 0 spiro atoms. The van der Waals surface area contributed by atoms with Crippen molar-refractivity contribution < 1.29 is 13.9 Å². The second-order valence-corrected chi connectivity index (χ2v) is 4.06. The molecule has 0 fully saturated rings. The first-order valence-electron chi connectivity index (χ1n) is 5.81. The van der Waals surface area contributed by atoms with Gasteiger partial charge in [0.25, 0.3) is 0 Å². The highest BCUT2D eigenvalue weighted by Crippen LogP contribution is 2.23. The minimum Gasteiger partial charge on any atom is -0.375 e. The van der Waals surface area contributed by atoms with Gasteiger partial charge in [0.05, 0.1) is 12.6 Å². The number of ether oxygens (including phenoxy) is 1. The average molecular weight is 291 g/mol. The molecule has 4 nitrogen and oxygen atoms in total. The van der Waals surface area contributed by atoms with E-state index in [2.05, 4.69) is 10.6 Å². The first-order chi connectivity index (χ1) is 8.60. The molecule has 0 aliphatic rings. The number of benzene rings is 1. The summed E-state index contributed by atoms with van der Waals surface area (Å²) in [5.41, 5.74) is 0.442. The van der Waals surface area contributed by atoms with E-state index in [-0.39, 0.29) is 36.7 Å². The zero-order chi connectivity index (χ0) is 13.5. The maximum absolute atomic E-state index is 13.7. The number of hydrogen-bond donors (Lipinski definition) is 2. The van der Waals surface area contributed by atoms with E-state index >= 15 is 0 Å². The van der Waals surface area contributed by atoms with Crippen LogP contribution in [0, 0.1) is 5.82 Å². The van der Waals surface area contributed by atoms with Gasteiger partial charge < -0.3 is 15.4 Å². The molecule has 2 atom stereocenters. The Morgan fingerprint density at radius 3 is 2.58 bits per heavy atom. The summed E-state index contributed by atoms with van der Waals surface area (Å²) in [5.74, 6) is -0.484. The smallest absolute Gasteiger partial charge is 0.234 e. The number of carbonyl (C=O) groups is 1. The van der Waals surface area contributed by atoms with Crippen LogP contribution in [0.4, 0.5) is 4.39 Å². The van der Waals surface area contributed by atoms with Crippen LogP contribution in [-0.4, -0.2) is 32.7 Å². The molecular weight excluding hydrogens is 271 g/mol. The second-order valence-electron chi connectivity index (χ2n) is 4.06. The van der Waals surface area contributed by atoms with Crippen molar-refractivity contribution in [2.75, 3.05) is 20.7 Å². The van der Waals surface area contributed by atoms with E-state index in [1.165, 1.54) is 13.2 Å². The molecule has 2 N–H and O–H groups in total.